The highest BCUT2D eigenvalue weighted by Gasteiger charge is 2.25. The molecule has 0 bridgehead atoms. The number of methoxy groups -OCH3 is 1. The molecule has 1 saturated heterocycles. The summed E-state index contributed by atoms with van der Waals surface area (Å²) in [5.74, 6) is 0.619. The van der Waals surface area contributed by atoms with Crippen molar-refractivity contribution in [3.63, 3.8) is 0 Å². The Balaban J connectivity index is 2.09. The van der Waals surface area contributed by atoms with Gasteiger partial charge < -0.3 is 19.3 Å². The van der Waals surface area contributed by atoms with Crippen LogP contribution < -0.4 is 4.74 Å². The van der Waals surface area contributed by atoms with Crippen LogP contribution in [0.4, 0.5) is 0 Å². The molecule has 0 radical (unpaired) electrons. The summed E-state index contributed by atoms with van der Waals surface area (Å²) >= 11 is 0. The monoisotopic (exact) mass is 225 g/mol. The van der Waals surface area contributed by atoms with Crippen molar-refractivity contribution >= 4 is 0 Å². The van der Waals surface area contributed by atoms with E-state index < -0.39 is 6.10 Å². The van der Waals surface area contributed by atoms with Crippen LogP contribution in [0.3, 0.4) is 0 Å². The maximum Gasteiger partial charge on any atom is 0.137 e. The van der Waals surface area contributed by atoms with E-state index in [-0.39, 0.29) is 6.10 Å². The molecule has 88 valence electrons. The van der Waals surface area contributed by atoms with Crippen LogP contribution in [0, 0.1) is 0 Å². The van der Waals surface area contributed by atoms with Crippen molar-refractivity contribution in [2.75, 3.05) is 26.9 Å². The van der Waals surface area contributed by atoms with Crippen LogP contribution in [0.2, 0.25) is 0 Å². The minimum Gasteiger partial charge on any atom is -0.495 e. The van der Waals surface area contributed by atoms with Gasteiger partial charge >= 0.3 is 0 Å². The van der Waals surface area contributed by atoms with Crippen LogP contribution in [0.25, 0.3) is 0 Å². The first-order chi connectivity index (χ1) is 7.81. The van der Waals surface area contributed by atoms with Gasteiger partial charge in [-0.15, -0.1) is 0 Å². The minimum absolute atomic E-state index is 0.331. The Morgan fingerprint density at radius 2 is 2.38 bits per heavy atom. The molecule has 1 aromatic heterocycles. The molecule has 16 heavy (non-hydrogen) atoms. The number of aliphatic hydroxyl groups excluding tert-OH is 1. The van der Waals surface area contributed by atoms with Crippen LogP contribution in [-0.2, 0) is 9.47 Å². The van der Waals surface area contributed by atoms with Gasteiger partial charge in [0.05, 0.1) is 33.1 Å². The topological polar surface area (TPSA) is 60.8 Å². The summed E-state index contributed by atoms with van der Waals surface area (Å²) in [5.41, 5.74) is 0.676. The molecule has 0 aliphatic carbocycles. The molecule has 5 nitrogen and oxygen atoms in total. The molecule has 2 heterocycles. The smallest absolute Gasteiger partial charge is 0.137 e. The van der Waals surface area contributed by atoms with Gasteiger partial charge in [0.1, 0.15) is 18.0 Å². The lowest BCUT2D eigenvalue weighted by Gasteiger charge is -2.27. The first kappa shape index (κ1) is 11.3. The Hall–Kier alpha value is -1.17. The van der Waals surface area contributed by atoms with Crippen LogP contribution >= 0.6 is 0 Å². The van der Waals surface area contributed by atoms with Crippen molar-refractivity contribution in [1.29, 1.82) is 0 Å². The molecule has 5 heteroatoms. The van der Waals surface area contributed by atoms with Gasteiger partial charge in [0.15, 0.2) is 0 Å². The fourth-order valence-electron chi connectivity index (χ4n) is 1.61. The van der Waals surface area contributed by atoms with E-state index >= 15 is 0 Å². The van der Waals surface area contributed by atoms with E-state index in [1.165, 1.54) is 0 Å². The number of aromatic nitrogens is 1. The van der Waals surface area contributed by atoms with E-state index in [1.807, 2.05) is 0 Å². The molecule has 0 spiro atoms. The molecule has 0 saturated carbocycles. The van der Waals surface area contributed by atoms with Crippen molar-refractivity contribution in [3.8, 4) is 5.75 Å². The summed E-state index contributed by atoms with van der Waals surface area (Å²) in [5, 5.41) is 10.1. The van der Waals surface area contributed by atoms with Gasteiger partial charge in [0, 0.05) is 11.8 Å². The number of ether oxygens (including phenoxy) is 3. The van der Waals surface area contributed by atoms with Gasteiger partial charge in [-0.3, -0.25) is 4.98 Å². The zero-order chi connectivity index (χ0) is 11.4. The number of hydrogen-bond donors (Lipinski definition) is 1. The van der Waals surface area contributed by atoms with Crippen LogP contribution in [0.15, 0.2) is 18.5 Å². The van der Waals surface area contributed by atoms with Crippen molar-refractivity contribution in [2.24, 2.45) is 0 Å². The summed E-state index contributed by atoms with van der Waals surface area (Å²) in [6.07, 6.45) is 2.13. The molecule has 1 aliphatic heterocycles. The van der Waals surface area contributed by atoms with Gasteiger partial charge in [-0.05, 0) is 6.07 Å². The minimum atomic E-state index is -0.733. The SMILES string of the molecule is COc1cncc(C(O)C2COCCO2)c1. The average Bonchev–Trinajstić information content (AvgIpc) is 2.39. The standard InChI is InChI=1S/C11H15NO4/c1-14-9-4-8(5-12-6-9)11(13)10-7-15-2-3-16-10/h4-6,10-11,13H,2-3,7H2,1H3. The maximum absolute atomic E-state index is 10.1. The van der Waals surface area contributed by atoms with Crippen LogP contribution in [0.5, 0.6) is 5.75 Å². The lowest BCUT2D eigenvalue weighted by molar-refractivity contribution is -0.133. The van der Waals surface area contributed by atoms with Gasteiger partial charge in [-0.2, -0.15) is 0 Å². The van der Waals surface area contributed by atoms with Crippen LogP contribution in [-0.4, -0.2) is 43.1 Å². The fraction of sp³-hybridized carbons (Fsp3) is 0.545. The van der Waals surface area contributed by atoms with Crippen molar-refractivity contribution in [3.05, 3.63) is 24.0 Å². The maximum atomic E-state index is 10.1. The molecule has 1 aliphatic rings. The highest BCUT2D eigenvalue weighted by molar-refractivity contribution is 5.25. The summed E-state index contributed by atoms with van der Waals surface area (Å²) in [6, 6.07) is 1.75. The Morgan fingerprint density at radius 3 is 3.06 bits per heavy atom. The largest absolute Gasteiger partial charge is 0.495 e. The fourth-order valence-corrected chi connectivity index (χ4v) is 1.61. The number of aliphatic hydroxyl groups is 1. The lowest BCUT2D eigenvalue weighted by Crippen LogP contribution is -2.33. The van der Waals surface area contributed by atoms with Gasteiger partial charge in [-0.1, -0.05) is 0 Å². The molecule has 1 N–H and O–H groups in total. The van der Waals surface area contributed by atoms with Crippen LogP contribution in [0.1, 0.15) is 11.7 Å². The molecule has 0 amide bonds. The highest BCUT2D eigenvalue weighted by atomic mass is 16.6. The van der Waals surface area contributed by atoms with Crippen molar-refractivity contribution < 1.29 is 19.3 Å². The molecule has 2 rings (SSSR count). The van der Waals surface area contributed by atoms with Gasteiger partial charge in [-0.25, -0.2) is 0 Å². The summed E-state index contributed by atoms with van der Waals surface area (Å²) < 4.78 is 15.7. The predicted molar refractivity (Wildman–Crippen MR) is 56.3 cm³/mol. The zero-order valence-electron chi connectivity index (χ0n) is 9.13. The first-order valence-electron chi connectivity index (χ1n) is 5.17. The normalized spacial score (nSPS) is 22.8. The van der Waals surface area contributed by atoms with E-state index in [4.69, 9.17) is 14.2 Å². The number of hydrogen-bond acceptors (Lipinski definition) is 5. The average molecular weight is 225 g/mol. The van der Waals surface area contributed by atoms with Gasteiger partial charge in [0.2, 0.25) is 0 Å². The van der Waals surface area contributed by atoms with E-state index in [9.17, 15) is 5.11 Å². The third-order valence-corrected chi connectivity index (χ3v) is 2.51. The van der Waals surface area contributed by atoms with Crippen molar-refractivity contribution in [1.82, 2.24) is 4.98 Å². The zero-order valence-corrected chi connectivity index (χ0v) is 9.13. The predicted octanol–water partition coefficient (Wildman–Crippen LogP) is 0.539. The Morgan fingerprint density at radius 1 is 1.50 bits per heavy atom. The third kappa shape index (κ3) is 2.49. The number of nitrogens with zero attached hydrogens (tertiary/aromatic N) is 1. The highest BCUT2D eigenvalue weighted by Crippen LogP contribution is 2.23. The second-order valence-electron chi connectivity index (χ2n) is 3.59. The Kier molecular flexibility index (Phi) is 3.71. The molecule has 2 atom stereocenters. The summed E-state index contributed by atoms with van der Waals surface area (Å²) in [4.78, 5) is 3.99. The summed E-state index contributed by atoms with van der Waals surface area (Å²) in [6.45, 7) is 1.50. The van der Waals surface area contributed by atoms with Gasteiger partial charge in [0.25, 0.3) is 0 Å². The number of rotatable bonds is 3. The molecule has 2 unspecified atom stereocenters. The Bertz CT molecular complexity index is 339. The molecular formula is C11H15NO4. The number of pyridine rings is 1. The quantitative estimate of drug-likeness (QED) is 0.813. The second-order valence-corrected chi connectivity index (χ2v) is 3.59. The third-order valence-electron chi connectivity index (χ3n) is 2.51. The van der Waals surface area contributed by atoms with E-state index in [0.717, 1.165) is 0 Å². The van der Waals surface area contributed by atoms with E-state index in [1.54, 1.807) is 25.6 Å². The Labute approximate surface area is 94.0 Å². The van der Waals surface area contributed by atoms with E-state index in [0.29, 0.717) is 31.1 Å². The molecular weight excluding hydrogens is 210 g/mol. The lowest BCUT2D eigenvalue weighted by atomic mass is 10.1. The molecule has 1 aromatic rings. The molecule has 0 aromatic carbocycles. The van der Waals surface area contributed by atoms with E-state index in [2.05, 4.69) is 4.98 Å². The van der Waals surface area contributed by atoms with Crippen molar-refractivity contribution in [2.45, 2.75) is 12.2 Å². The summed E-state index contributed by atoms with van der Waals surface area (Å²) in [7, 11) is 1.56. The first-order valence-corrected chi connectivity index (χ1v) is 5.17. The molecule has 1 fully saturated rings. The second kappa shape index (κ2) is 5.25.